The van der Waals surface area contributed by atoms with Crippen LogP contribution in [0.5, 0.6) is 0 Å². The zero-order valence-electron chi connectivity index (χ0n) is 13.5. The largest absolute Gasteiger partial charge is 0.395 e. The lowest BCUT2D eigenvalue weighted by atomic mass is 10.1. The molecule has 2 aliphatic heterocycles. The van der Waals surface area contributed by atoms with Crippen molar-refractivity contribution in [2.24, 2.45) is 5.92 Å². The van der Waals surface area contributed by atoms with Crippen molar-refractivity contribution in [3.63, 3.8) is 0 Å². The standard InChI is InChI=1S/C11H23N3O.2C2H6/c15-8-7-13-4-1-11(9-13)10-14-5-2-12-3-6-14;2*1-2/h11-12,15H,1-10H2;2*1-2H3/t11-;;/m1../s1. The highest BCUT2D eigenvalue weighted by Crippen LogP contribution is 2.17. The van der Waals surface area contributed by atoms with E-state index in [0.717, 1.165) is 25.6 Å². The van der Waals surface area contributed by atoms with E-state index in [1.54, 1.807) is 0 Å². The summed E-state index contributed by atoms with van der Waals surface area (Å²) in [5, 5.41) is 12.3. The van der Waals surface area contributed by atoms with Crippen molar-refractivity contribution in [3.8, 4) is 0 Å². The Labute approximate surface area is 120 Å². The van der Waals surface area contributed by atoms with Crippen LogP contribution >= 0.6 is 0 Å². The molecule has 0 aromatic carbocycles. The Hall–Kier alpha value is -0.160. The van der Waals surface area contributed by atoms with E-state index >= 15 is 0 Å². The summed E-state index contributed by atoms with van der Waals surface area (Å²) >= 11 is 0. The van der Waals surface area contributed by atoms with Crippen molar-refractivity contribution in [2.75, 3.05) is 59.0 Å². The number of aliphatic hydroxyl groups excluding tert-OH is 1. The van der Waals surface area contributed by atoms with Gasteiger partial charge in [-0.1, -0.05) is 27.7 Å². The van der Waals surface area contributed by atoms with Gasteiger partial charge < -0.3 is 20.2 Å². The van der Waals surface area contributed by atoms with Crippen LogP contribution in [0.3, 0.4) is 0 Å². The first-order valence-corrected chi connectivity index (χ1v) is 8.15. The molecule has 0 saturated carbocycles. The van der Waals surface area contributed by atoms with Gasteiger partial charge in [0, 0.05) is 45.8 Å². The normalized spacial score (nSPS) is 24.2. The average molecular weight is 273 g/mol. The first-order valence-electron chi connectivity index (χ1n) is 8.15. The third kappa shape index (κ3) is 7.88. The molecule has 0 radical (unpaired) electrons. The van der Waals surface area contributed by atoms with E-state index in [0.29, 0.717) is 6.61 Å². The molecule has 2 N–H and O–H groups in total. The van der Waals surface area contributed by atoms with E-state index in [9.17, 15) is 0 Å². The fourth-order valence-electron chi connectivity index (χ4n) is 2.67. The van der Waals surface area contributed by atoms with Crippen LogP contribution in [0.1, 0.15) is 34.1 Å². The van der Waals surface area contributed by atoms with E-state index in [2.05, 4.69) is 15.1 Å². The average Bonchev–Trinajstić information content (AvgIpc) is 2.92. The lowest BCUT2D eigenvalue weighted by molar-refractivity contribution is 0.191. The molecule has 0 spiro atoms. The van der Waals surface area contributed by atoms with Crippen LogP contribution in [-0.2, 0) is 0 Å². The van der Waals surface area contributed by atoms with E-state index in [1.165, 1.54) is 39.1 Å². The Kier molecular flexibility index (Phi) is 12.7. The lowest BCUT2D eigenvalue weighted by Gasteiger charge is -2.29. The van der Waals surface area contributed by atoms with Gasteiger partial charge in [-0.05, 0) is 18.9 Å². The van der Waals surface area contributed by atoms with Crippen molar-refractivity contribution < 1.29 is 5.11 Å². The number of nitrogens with one attached hydrogen (secondary N) is 1. The summed E-state index contributed by atoms with van der Waals surface area (Å²) in [5.41, 5.74) is 0. The third-order valence-electron chi connectivity index (χ3n) is 3.51. The Balaban J connectivity index is 0.000000741. The number of β-amino-alcohol motifs (C(OH)–C–C–N with tert-alkyl or cyclic N) is 1. The molecule has 0 aromatic rings. The van der Waals surface area contributed by atoms with Gasteiger partial charge in [0.2, 0.25) is 0 Å². The highest BCUT2D eigenvalue weighted by molar-refractivity contribution is 4.79. The summed E-state index contributed by atoms with van der Waals surface area (Å²) in [7, 11) is 0. The van der Waals surface area contributed by atoms with Gasteiger partial charge in [0.05, 0.1) is 6.61 Å². The lowest BCUT2D eigenvalue weighted by Crippen LogP contribution is -2.45. The molecule has 0 amide bonds. The van der Waals surface area contributed by atoms with Gasteiger partial charge in [-0.3, -0.25) is 0 Å². The molecule has 2 aliphatic rings. The van der Waals surface area contributed by atoms with Crippen LogP contribution in [-0.4, -0.2) is 73.9 Å². The second-order valence-electron chi connectivity index (χ2n) is 4.73. The quantitative estimate of drug-likeness (QED) is 0.809. The number of likely N-dealkylation sites (tertiary alicyclic amines) is 1. The van der Waals surface area contributed by atoms with Crippen LogP contribution in [0.25, 0.3) is 0 Å². The molecule has 4 heteroatoms. The minimum absolute atomic E-state index is 0.306. The minimum atomic E-state index is 0.306. The van der Waals surface area contributed by atoms with Crippen molar-refractivity contribution in [3.05, 3.63) is 0 Å². The minimum Gasteiger partial charge on any atom is -0.395 e. The van der Waals surface area contributed by atoms with Gasteiger partial charge in [0.15, 0.2) is 0 Å². The van der Waals surface area contributed by atoms with Gasteiger partial charge >= 0.3 is 0 Å². The van der Waals surface area contributed by atoms with E-state index < -0.39 is 0 Å². The number of rotatable bonds is 4. The zero-order chi connectivity index (χ0) is 14.5. The SMILES string of the molecule is CC.CC.OCCN1CC[C@@H](CN2CCNCC2)C1. The topological polar surface area (TPSA) is 38.7 Å². The van der Waals surface area contributed by atoms with Gasteiger partial charge in [-0.15, -0.1) is 0 Å². The predicted molar refractivity (Wildman–Crippen MR) is 83.6 cm³/mol. The molecule has 4 nitrogen and oxygen atoms in total. The molecule has 2 heterocycles. The number of hydrogen-bond donors (Lipinski definition) is 2. The third-order valence-corrected chi connectivity index (χ3v) is 3.51. The molecule has 2 fully saturated rings. The molecule has 116 valence electrons. The first-order chi connectivity index (χ1) is 9.38. The summed E-state index contributed by atoms with van der Waals surface area (Å²) in [6, 6.07) is 0. The molecule has 2 saturated heterocycles. The van der Waals surface area contributed by atoms with Crippen molar-refractivity contribution >= 4 is 0 Å². The number of piperazine rings is 1. The smallest absolute Gasteiger partial charge is 0.0558 e. The van der Waals surface area contributed by atoms with E-state index in [-0.39, 0.29) is 0 Å². The van der Waals surface area contributed by atoms with E-state index in [1.807, 2.05) is 27.7 Å². The highest BCUT2D eigenvalue weighted by Gasteiger charge is 2.24. The van der Waals surface area contributed by atoms with Gasteiger partial charge in [0.25, 0.3) is 0 Å². The Morgan fingerprint density at radius 2 is 1.63 bits per heavy atom. The van der Waals surface area contributed by atoms with Crippen molar-refractivity contribution in [1.82, 2.24) is 15.1 Å². The fraction of sp³-hybridized carbons (Fsp3) is 1.00. The van der Waals surface area contributed by atoms with Crippen LogP contribution in [0, 0.1) is 5.92 Å². The summed E-state index contributed by atoms with van der Waals surface area (Å²) in [4.78, 5) is 4.95. The van der Waals surface area contributed by atoms with Gasteiger partial charge in [0.1, 0.15) is 0 Å². The van der Waals surface area contributed by atoms with Crippen molar-refractivity contribution in [1.29, 1.82) is 0 Å². The van der Waals surface area contributed by atoms with Crippen LogP contribution in [0.4, 0.5) is 0 Å². The summed E-state index contributed by atoms with van der Waals surface area (Å²) in [5.74, 6) is 0.828. The second-order valence-corrected chi connectivity index (χ2v) is 4.73. The van der Waals surface area contributed by atoms with Crippen LogP contribution in [0.2, 0.25) is 0 Å². The second kappa shape index (κ2) is 12.9. The number of hydrogen-bond acceptors (Lipinski definition) is 4. The zero-order valence-corrected chi connectivity index (χ0v) is 13.5. The maximum Gasteiger partial charge on any atom is 0.0558 e. The Morgan fingerprint density at radius 3 is 2.21 bits per heavy atom. The molecular formula is C15H35N3O. The van der Waals surface area contributed by atoms with Gasteiger partial charge in [-0.25, -0.2) is 0 Å². The Bertz CT molecular complexity index is 184. The molecular weight excluding hydrogens is 238 g/mol. The van der Waals surface area contributed by atoms with Crippen molar-refractivity contribution in [2.45, 2.75) is 34.1 Å². The van der Waals surface area contributed by atoms with Crippen LogP contribution < -0.4 is 5.32 Å². The maximum absolute atomic E-state index is 8.87. The predicted octanol–water partition coefficient (Wildman–Crippen LogP) is 1.26. The molecule has 0 unspecified atom stereocenters. The molecule has 1 atom stereocenters. The Morgan fingerprint density at radius 1 is 1.00 bits per heavy atom. The molecule has 0 aromatic heterocycles. The molecule has 0 bridgehead atoms. The summed E-state index contributed by atoms with van der Waals surface area (Å²) in [6.45, 7) is 17.5. The summed E-state index contributed by atoms with van der Waals surface area (Å²) < 4.78 is 0. The summed E-state index contributed by atoms with van der Waals surface area (Å²) in [6.07, 6.45) is 1.31. The van der Waals surface area contributed by atoms with Gasteiger partial charge in [-0.2, -0.15) is 0 Å². The molecule has 0 aliphatic carbocycles. The molecule has 19 heavy (non-hydrogen) atoms. The molecule has 2 rings (SSSR count). The van der Waals surface area contributed by atoms with E-state index in [4.69, 9.17) is 5.11 Å². The number of nitrogens with zero attached hydrogens (tertiary/aromatic N) is 2. The first kappa shape index (κ1) is 18.8. The monoisotopic (exact) mass is 273 g/mol. The number of aliphatic hydroxyl groups is 1. The maximum atomic E-state index is 8.87. The fourth-order valence-corrected chi connectivity index (χ4v) is 2.67. The highest BCUT2D eigenvalue weighted by atomic mass is 16.3. The van der Waals surface area contributed by atoms with Crippen LogP contribution in [0.15, 0.2) is 0 Å².